The van der Waals surface area contributed by atoms with E-state index < -0.39 is 0 Å². The Bertz CT molecular complexity index is 1070. The lowest BCUT2D eigenvalue weighted by Gasteiger charge is -2.16. The van der Waals surface area contributed by atoms with Crippen molar-refractivity contribution in [2.45, 2.75) is 51.3 Å². The summed E-state index contributed by atoms with van der Waals surface area (Å²) in [7, 11) is 1.90. The maximum absolute atomic E-state index is 12.3. The number of benzene rings is 2. The van der Waals surface area contributed by atoms with E-state index in [-0.39, 0.29) is 11.7 Å². The van der Waals surface area contributed by atoms with Crippen LogP contribution in [0.4, 0.5) is 5.69 Å². The van der Waals surface area contributed by atoms with Gasteiger partial charge in [0.05, 0.1) is 5.75 Å². The molecule has 1 aliphatic carbocycles. The molecule has 1 heterocycles. The number of thioether (sulfide) groups is 1. The number of amides is 1. The number of carbonyl (C=O) groups excluding carboxylic acids is 1. The molecule has 0 bridgehead atoms. The van der Waals surface area contributed by atoms with Crippen molar-refractivity contribution in [3.63, 3.8) is 0 Å². The van der Waals surface area contributed by atoms with Crippen molar-refractivity contribution in [2.24, 2.45) is 7.05 Å². The minimum atomic E-state index is -0.0649. The van der Waals surface area contributed by atoms with Crippen LogP contribution in [0, 0.1) is 13.8 Å². The molecule has 0 saturated heterocycles. The summed E-state index contributed by atoms with van der Waals surface area (Å²) in [6, 6.07) is 12.4. The van der Waals surface area contributed by atoms with Crippen LogP contribution in [0.2, 0.25) is 0 Å². The van der Waals surface area contributed by atoms with E-state index in [2.05, 4.69) is 33.7 Å². The van der Waals surface area contributed by atoms with E-state index in [4.69, 9.17) is 4.74 Å². The number of fused-ring (bicyclic) bond motifs is 1. The zero-order valence-corrected chi connectivity index (χ0v) is 19.1. The molecule has 0 fully saturated rings. The molecule has 1 aliphatic rings. The third-order valence-corrected chi connectivity index (χ3v) is 6.47. The zero-order valence-electron chi connectivity index (χ0n) is 18.3. The Morgan fingerprint density at radius 2 is 1.81 bits per heavy atom. The Kier molecular flexibility index (Phi) is 6.61. The molecule has 0 atom stereocenters. The summed E-state index contributed by atoms with van der Waals surface area (Å²) in [5.41, 5.74) is 5.91. The molecule has 7 heteroatoms. The van der Waals surface area contributed by atoms with Crippen molar-refractivity contribution in [3.8, 4) is 5.75 Å². The summed E-state index contributed by atoms with van der Waals surface area (Å²) in [5, 5.41) is 12.1. The Balaban J connectivity index is 1.31. The zero-order chi connectivity index (χ0) is 21.8. The number of rotatable bonds is 7. The largest absolute Gasteiger partial charge is 0.486 e. The number of aromatic nitrogens is 3. The van der Waals surface area contributed by atoms with Gasteiger partial charge in [0.15, 0.2) is 11.0 Å². The van der Waals surface area contributed by atoms with Crippen LogP contribution < -0.4 is 10.1 Å². The van der Waals surface area contributed by atoms with Gasteiger partial charge in [0.25, 0.3) is 0 Å². The van der Waals surface area contributed by atoms with E-state index in [1.165, 1.54) is 35.7 Å². The molecule has 2 aromatic carbocycles. The highest BCUT2D eigenvalue weighted by molar-refractivity contribution is 7.99. The molecule has 1 aromatic heterocycles. The lowest BCUT2D eigenvalue weighted by molar-refractivity contribution is -0.113. The van der Waals surface area contributed by atoms with E-state index in [1.54, 1.807) is 0 Å². The van der Waals surface area contributed by atoms with Crippen LogP contribution in [0.1, 0.15) is 40.9 Å². The fourth-order valence-electron chi connectivity index (χ4n) is 3.92. The van der Waals surface area contributed by atoms with Crippen molar-refractivity contribution in [1.82, 2.24) is 14.8 Å². The van der Waals surface area contributed by atoms with Crippen LogP contribution in [-0.4, -0.2) is 26.4 Å². The third kappa shape index (κ3) is 5.47. The van der Waals surface area contributed by atoms with Crippen molar-refractivity contribution < 1.29 is 9.53 Å². The molecule has 0 unspecified atom stereocenters. The average molecular weight is 437 g/mol. The molecule has 162 valence electrons. The van der Waals surface area contributed by atoms with Gasteiger partial charge in [-0.25, -0.2) is 0 Å². The number of nitrogens with zero attached hydrogens (tertiary/aromatic N) is 3. The molecular formula is C24H28N4O2S. The van der Waals surface area contributed by atoms with Crippen molar-refractivity contribution >= 4 is 23.4 Å². The quantitative estimate of drug-likeness (QED) is 0.547. The average Bonchev–Trinajstić information content (AvgIpc) is 3.09. The summed E-state index contributed by atoms with van der Waals surface area (Å²) >= 11 is 1.37. The SMILES string of the molecule is Cc1cc(C)cc(NC(=O)CSc2nnc(COc3ccc4c(c3)CCCC4)n2C)c1. The van der Waals surface area contributed by atoms with Gasteiger partial charge in [-0.2, -0.15) is 0 Å². The van der Waals surface area contributed by atoms with E-state index in [0.717, 1.165) is 41.2 Å². The minimum absolute atomic E-state index is 0.0649. The van der Waals surface area contributed by atoms with Crippen LogP contribution in [0.5, 0.6) is 5.75 Å². The summed E-state index contributed by atoms with van der Waals surface area (Å²) in [4.78, 5) is 12.3. The van der Waals surface area contributed by atoms with Crippen LogP contribution in [0.15, 0.2) is 41.6 Å². The predicted octanol–water partition coefficient (Wildman–Crippen LogP) is 4.62. The van der Waals surface area contributed by atoms with Crippen LogP contribution in [-0.2, 0) is 31.3 Å². The smallest absolute Gasteiger partial charge is 0.234 e. The fraction of sp³-hybridized carbons (Fsp3) is 0.375. The third-order valence-electron chi connectivity index (χ3n) is 5.45. The Hall–Kier alpha value is -2.80. The number of hydrogen-bond donors (Lipinski definition) is 1. The van der Waals surface area contributed by atoms with Crippen LogP contribution >= 0.6 is 11.8 Å². The maximum atomic E-state index is 12.3. The Morgan fingerprint density at radius 3 is 2.58 bits per heavy atom. The predicted molar refractivity (Wildman–Crippen MR) is 124 cm³/mol. The first-order chi connectivity index (χ1) is 15.0. The monoisotopic (exact) mass is 436 g/mol. The van der Waals surface area contributed by atoms with E-state index in [0.29, 0.717) is 11.8 Å². The first kappa shape index (κ1) is 21.4. The van der Waals surface area contributed by atoms with Gasteiger partial charge in [0.1, 0.15) is 12.4 Å². The summed E-state index contributed by atoms with van der Waals surface area (Å²) in [6.07, 6.45) is 4.81. The minimum Gasteiger partial charge on any atom is -0.486 e. The molecule has 31 heavy (non-hydrogen) atoms. The number of ether oxygens (including phenoxy) is 1. The van der Waals surface area contributed by atoms with Crippen molar-refractivity contribution in [2.75, 3.05) is 11.1 Å². The van der Waals surface area contributed by atoms with Gasteiger partial charge >= 0.3 is 0 Å². The number of aryl methyl sites for hydroxylation is 4. The Morgan fingerprint density at radius 1 is 1.06 bits per heavy atom. The van der Waals surface area contributed by atoms with Crippen molar-refractivity contribution in [3.05, 3.63) is 64.5 Å². The summed E-state index contributed by atoms with van der Waals surface area (Å²) in [6.45, 7) is 4.38. The van der Waals surface area contributed by atoms with Gasteiger partial charge in [0, 0.05) is 12.7 Å². The molecule has 0 radical (unpaired) electrons. The van der Waals surface area contributed by atoms with E-state index in [9.17, 15) is 4.79 Å². The molecule has 4 rings (SSSR count). The van der Waals surface area contributed by atoms with E-state index in [1.807, 2.05) is 43.7 Å². The fourth-order valence-corrected chi connectivity index (χ4v) is 4.65. The van der Waals surface area contributed by atoms with Crippen LogP contribution in [0.25, 0.3) is 0 Å². The number of carbonyl (C=O) groups is 1. The first-order valence-corrected chi connectivity index (χ1v) is 11.6. The maximum Gasteiger partial charge on any atom is 0.234 e. The van der Waals surface area contributed by atoms with Gasteiger partial charge in [-0.3, -0.25) is 4.79 Å². The van der Waals surface area contributed by atoms with Crippen LogP contribution in [0.3, 0.4) is 0 Å². The van der Waals surface area contributed by atoms with Gasteiger partial charge in [-0.1, -0.05) is 23.9 Å². The van der Waals surface area contributed by atoms with Gasteiger partial charge in [-0.05, 0) is 86.1 Å². The first-order valence-electron chi connectivity index (χ1n) is 10.6. The Labute approximate surface area is 187 Å². The second-order valence-electron chi connectivity index (χ2n) is 8.10. The molecule has 0 spiro atoms. The molecule has 1 N–H and O–H groups in total. The molecule has 0 saturated carbocycles. The normalized spacial score (nSPS) is 13.0. The second-order valence-corrected chi connectivity index (χ2v) is 9.04. The highest BCUT2D eigenvalue weighted by Gasteiger charge is 2.14. The second kappa shape index (κ2) is 9.56. The standard InChI is InChI=1S/C24H28N4O2S/c1-16-10-17(2)12-20(11-16)25-23(29)15-31-24-27-26-22(28(24)3)14-30-21-9-8-18-6-4-5-7-19(18)13-21/h8-13H,4-7,14-15H2,1-3H3,(H,25,29). The topological polar surface area (TPSA) is 69.0 Å². The molecule has 0 aliphatic heterocycles. The highest BCUT2D eigenvalue weighted by atomic mass is 32.2. The van der Waals surface area contributed by atoms with Gasteiger partial charge in [-0.15, -0.1) is 10.2 Å². The lowest BCUT2D eigenvalue weighted by Crippen LogP contribution is -2.14. The summed E-state index contributed by atoms with van der Waals surface area (Å²) < 4.78 is 7.85. The molecule has 6 nitrogen and oxygen atoms in total. The van der Waals surface area contributed by atoms with Gasteiger partial charge < -0.3 is 14.6 Å². The van der Waals surface area contributed by atoms with Gasteiger partial charge in [0.2, 0.25) is 5.91 Å². The highest BCUT2D eigenvalue weighted by Crippen LogP contribution is 2.26. The number of hydrogen-bond acceptors (Lipinski definition) is 5. The number of nitrogens with one attached hydrogen (secondary N) is 1. The molecular weight excluding hydrogens is 408 g/mol. The van der Waals surface area contributed by atoms with Crippen molar-refractivity contribution in [1.29, 1.82) is 0 Å². The summed E-state index contributed by atoms with van der Waals surface area (Å²) in [5.74, 6) is 1.80. The number of anilines is 1. The lowest BCUT2D eigenvalue weighted by atomic mass is 9.92. The van der Waals surface area contributed by atoms with E-state index >= 15 is 0 Å². The molecule has 3 aromatic rings. The molecule has 1 amide bonds.